The maximum atomic E-state index is 13.4. The van der Waals surface area contributed by atoms with E-state index in [1.54, 1.807) is 67.6 Å². The Bertz CT molecular complexity index is 2130. The monoisotopic (exact) mass is 846 g/mol. The maximum absolute atomic E-state index is 13.4. The van der Waals surface area contributed by atoms with Gasteiger partial charge in [0.15, 0.2) is 0 Å². The highest BCUT2D eigenvalue weighted by Gasteiger charge is 2.41. The number of nitriles is 1. The number of hydrogen-bond acceptors (Lipinski definition) is 5. The number of halogens is 8. The van der Waals surface area contributed by atoms with Crippen molar-refractivity contribution in [2.75, 3.05) is 11.9 Å². The number of aromatic nitrogens is 1. The fourth-order valence-corrected chi connectivity index (χ4v) is 5.72. The van der Waals surface area contributed by atoms with Crippen LogP contribution in [0.4, 0.5) is 42.5 Å². The van der Waals surface area contributed by atoms with E-state index >= 15 is 0 Å². The molecule has 0 aliphatic heterocycles. The lowest BCUT2D eigenvalue weighted by Gasteiger charge is -2.15. The van der Waals surface area contributed by atoms with Crippen LogP contribution < -0.4 is 11.1 Å². The molecule has 1 heterocycles. The second kappa shape index (κ2) is 19.8. The summed E-state index contributed by atoms with van der Waals surface area (Å²) in [6, 6.07) is 26.9. The van der Waals surface area contributed by atoms with Gasteiger partial charge >= 0.3 is 18.4 Å². The minimum Gasteiger partial charge on any atom is -0.361 e. The summed E-state index contributed by atoms with van der Waals surface area (Å²) in [6.07, 6.45) is -8.77. The quantitative estimate of drug-likeness (QED) is 0.101. The number of nitrogens with one attached hydrogen (secondary N) is 2. The van der Waals surface area contributed by atoms with E-state index < -0.39 is 29.6 Å². The predicted molar refractivity (Wildman–Crippen MR) is 206 cm³/mol. The number of nitrogens with zero attached hydrogens (tertiary/aromatic N) is 3. The number of urea groups is 1. The number of rotatable bonds is 9. The molecule has 0 saturated heterocycles. The summed E-state index contributed by atoms with van der Waals surface area (Å²) in [4.78, 5) is 14.1. The zero-order valence-corrected chi connectivity index (χ0v) is 31.7. The molecule has 0 radical (unpaired) electrons. The van der Waals surface area contributed by atoms with Gasteiger partial charge in [0.2, 0.25) is 0 Å². The predicted octanol–water partition coefficient (Wildman–Crippen LogP) is 11.6. The Morgan fingerprint density at radius 3 is 2.13 bits per heavy atom. The molecule has 5 aromatic rings. The van der Waals surface area contributed by atoms with Gasteiger partial charge in [0, 0.05) is 29.4 Å². The Morgan fingerprint density at radius 2 is 1.62 bits per heavy atom. The van der Waals surface area contributed by atoms with Gasteiger partial charge in [-0.15, -0.1) is 0 Å². The molecule has 0 atom stereocenters. The molecule has 8 nitrogen and oxygen atoms in total. The third-order valence-corrected chi connectivity index (χ3v) is 8.51. The molecule has 0 unspecified atom stereocenters. The van der Waals surface area contributed by atoms with E-state index in [-0.39, 0.29) is 46.8 Å². The molecule has 0 aliphatic rings. The number of ether oxygens (including phenoxy) is 1. The first-order valence-corrected chi connectivity index (χ1v) is 17.2. The summed E-state index contributed by atoms with van der Waals surface area (Å²) in [5.74, 6) is 0. The summed E-state index contributed by atoms with van der Waals surface area (Å²) in [5, 5.41) is 20.2. The molecule has 0 spiro atoms. The first-order chi connectivity index (χ1) is 25.9. The van der Waals surface area contributed by atoms with Crippen molar-refractivity contribution in [3.63, 3.8) is 0 Å². The zero-order chi connectivity index (χ0) is 40.9. The van der Waals surface area contributed by atoms with Crippen molar-refractivity contribution in [3.05, 3.63) is 140 Å². The SMILES string of the molecule is C=Nc1ccc(CC(=N)c2cccc(C(F)(F)F)c2)cc1.CCOCn1c(-c2ccc(Cl)cc2)c(C#N)c(Br)c1C(F)(F)F.Cc1ccc(NC(N)=O)cc1. The number of carbonyl (C=O) groups is 1. The van der Waals surface area contributed by atoms with E-state index in [0.29, 0.717) is 16.3 Å². The van der Waals surface area contributed by atoms with Crippen LogP contribution in [0.5, 0.6) is 0 Å². The summed E-state index contributed by atoms with van der Waals surface area (Å²) in [5.41, 5.74) is 7.55. The molecule has 0 saturated carbocycles. The van der Waals surface area contributed by atoms with Crippen LogP contribution in [0.3, 0.4) is 0 Å². The number of amides is 2. The van der Waals surface area contributed by atoms with Gasteiger partial charge in [-0.3, -0.25) is 4.99 Å². The molecule has 5 rings (SSSR count). The van der Waals surface area contributed by atoms with Gasteiger partial charge in [-0.2, -0.15) is 31.6 Å². The first kappa shape index (κ1) is 44.0. The van der Waals surface area contributed by atoms with Gasteiger partial charge in [-0.05, 0) is 102 Å². The Balaban J connectivity index is 0.000000235. The van der Waals surface area contributed by atoms with Crippen LogP contribution in [0.25, 0.3) is 11.3 Å². The molecule has 4 N–H and O–H groups in total. The molecular formula is C39H34BrClF6N6O2. The van der Waals surface area contributed by atoms with Crippen LogP contribution in [0.15, 0.2) is 107 Å². The van der Waals surface area contributed by atoms with Crippen molar-refractivity contribution in [1.29, 1.82) is 10.7 Å². The average Bonchev–Trinajstić information content (AvgIpc) is 3.43. The largest absolute Gasteiger partial charge is 0.432 e. The van der Waals surface area contributed by atoms with E-state index in [0.717, 1.165) is 33.5 Å². The minimum atomic E-state index is -4.63. The van der Waals surface area contributed by atoms with Gasteiger partial charge in [0.05, 0.1) is 27.0 Å². The molecule has 288 valence electrons. The number of anilines is 1. The molecule has 0 aliphatic carbocycles. The molecule has 55 heavy (non-hydrogen) atoms. The Labute approximate surface area is 326 Å². The topological polar surface area (TPSA) is 129 Å². The van der Waals surface area contributed by atoms with Gasteiger partial charge in [-0.1, -0.05) is 65.7 Å². The van der Waals surface area contributed by atoms with E-state index in [1.807, 2.05) is 25.1 Å². The van der Waals surface area contributed by atoms with E-state index in [2.05, 4.69) is 33.0 Å². The van der Waals surface area contributed by atoms with Crippen LogP contribution in [0.1, 0.15) is 40.4 Å². The molecule has 2 amide bonds. The lowest BCUT2D eigenvalue weighted by Crippen LogP contribution is -2.19. The molecule has 16 heteroatoms. The zero-order valence-electron chi connectivity index (χ0n) is 29.3. The van der Waals surface area contributed by atoms with Crippen LogP contribution in [-0.4, -0.2) is 29.6 Å². The summed E-state index contributed by atoms with van der Waals surface area (Å²) >= 11 is 8.73. The third-order valence-electron chi connectivity index (χ3n) is 7.48. The fraction of sp³-hybridized carbons (Fsp3) is 0.179. The second-order valence-electron chi connectivity index (χ2n) is 11.5. The highest BCUT2D eigenvalue weighted by molar-refractivity contribution is 9.10. The summed E-state index contributed by atoms with van der Waals surface area (Å²) < 4.78 is 84.0. The second-order valence-corrected chi connectivity index (χ2v) is 12.7. The number of benzene rings is 4. The average molecular weight is 848 g/mol. The number of hydrogen-bond donors (Lipinski definition) is 3. The fourth-order valence-electron chi connectivity index (χ4n) is 4.87. The lowest BCUT2D eigenvalue weighted by molar-refractivity contribution is -0.146. The van der Waals surface area contributed by atoms with Crippen LogP contribution in [0, 0.1) is 23.7 Å². The van der Waals surface area contributed by atoms with Crippen molar-refractivity contribution in [3.8, 4) is 17.3 Å². The van der Waals surface area contributed by atoms with E-state index in [9.17, 15) is 36.4 Å². The molecule has 0 bridgehead atoms. The highest BCUT2D eigenvalue weighted by atomic mass is 79.9. The Hall–Kier alpha value is -5.43. The maximum Gasteiger partial charge on any atom is 0.432 e. The van der Waals surface area contributed by atoms with Crippen LogP contribution in [0.2, 0.25) is 5.02 Å². The van der Waals surface area contributed by atoms with Crippen LogP contribution >= 0.6 is 27.5 Å². The third kappa shape index (κ3) is 12.8. The minimum absolute atomic E-state index is 0.0978. The smallest absolute Gasteiger partial charge is 0.361 e. The van der Waals surface area contributed by atoms with Gasteiger partial charge < -0.3 is 25.8 Å². The van der Waals surface area contributed by atoms with Crippen molar-refractivity contribution < 1.29 is 35.9 Å². The molecule has 0 fully saturated rings. The van der Waals surface area contributed by atoms with Crippen molar-refractivity contribution in [2.45, 2.75) is 39.4 Å². The van der Waals surface area contributed by atoms with Gasteiger partial charge in [-0.25, -0.2) is 4.79 Å². The summed E-state index contributed by atoms with van der Waals surface area (Å²) in [6.45, 7) is 6.99. The van der Waals surface area contributed by atoms with E-state index in [4.69, 9.17) is 27.5 Å². The number of nitrogens with two attached hydrogens (primary N) is 1. The van der Waals surface area contributed by atoms with Gasteiger partial charge in [0.1, 0.15) is 18.5 Å². The number of aryl methyl sites for hydroxylation is 1. The van der Waals surface area contributed by atoms with Crippen molar-refractivity contribution in [1.82, 2.24) is 4.57 Å². The van der Waals surface area contributed by atoms with Crippen molar-refractivity contribution in [2.24, 2.45) is 10.7 Å². The number of alkyl halides is 6. The first-order valence-electron chi connectivity index (χ1n) is 16.1. The number of primary amides is 1. The molecule has 4 aromatic carbocycles. The van der Waals surface area contributed by atoms with Gasteiger partial charge in [0.25, 0.3) is 0 Å². The Morgan fingerprint density at radius 1 is 1.00 bits per heavy atom. The Kier molecular flexibility index (Phi) is 15.8. The molecular weight excluding hydrogens is 814 g/mol. The number of carbonyl (C=O) groups excluding carboxylic acids is 1. The summed E-state index contributed by atoms with van der Waals surface area (Å²) in [7, 11) is 0. The van der Waals surface area contributed by atoms with Crippen LogP contribution in [-0.2, 0) is 30.2 Å². The number of aliphatic imine (C=N–C) groups is 1. The molecule has 1 aromatic heterocycles. The standard InChI is InChI=1S/C16H13F3N2.C15H11BrClF3N2O.C8H10N2O/c1-21-14-7-5-11(6-8-14)9-15(20)12-3-2-4-13(10-12)16(17,18)19;1-2-23-8-22-13(9-3-5-10(17)6-4-9)11(7-21)12(16)14(22)15(18,19)20;1-6-2-4-7(5-3-6)10-8(9)11/h2-8,10,20H,1,9H2;3-6H,2,8H2,1H3;2-5H,1H3,(H3,9,10,11). The normalized spacial score (nSPS) is 10.9. The van der Waals surface area contributed by atoms with Crippen molar-refractivity contribution >= 4 is 57.4 Å². The van der Waals surface area contributed by atoms with E-state index in [1.165, 1.54) is 12.1 Å². The highest BCUT2D eigenvalue weighted by Crippen LogP contribution is 2.43. The lowest BCUT2D eigenvalue weighted by atomic mass is 10.0.